The predicted octanol–water partition coefficient (Wildman–Crippen LogP) is 0.613. The molecule has 2 heterocycles. The van der Waals surface area contributed by atoms with E-state index < -0.39 is 17.1 Å². The number of carboxylic acids is 1. The number of amides is 2. The summed E-state index contributed by atoms with van der Waals surface area (Å²) in [5, 5.41) is 20.9. The van der Waals surface area contributed by atoms with Gasteiger partial charge < -0.3 is 40.4 Å². The molecule has 1 aliphatic heterocycles. The average molecular weight is 620 g/mol. The quantitative estimate of drug-likeness (QED) is 0.0629. The fraction of sp³-hybridized carbons (Fsp3) is 0.444. The molecule has 43 heavy (non-hydrogen) atoms. The molecule has 2 aromatic rings. The van der Waals surface area contributed by atoms with Crippen molar-refractivity contribution in [1.29, 1.82) is 0 Å². The average Bonchev–Trinajstić information content (AvgIpc) is 3.26. The summed E-state index contributed by atoms with van der Waals surface area (Å²) in [6.07, 6.45) is 0.474. The summed E-state index contributed by atoms with van der Waals surface area (Å²) in [6, 6.07) is 8.15. The Hall–Kier alpha value is -4.12. The summed E-state index contributed by atoms with van der Waals surface area (Å²) >= 11 is 1.11. The third kappa shape index (κ3) is 10.9. The van der Waals surface area contributed by atoms with Crippen LogP contribution in [0.15, 0.2) is 29.3 Å². The number of ether oxygens (including phenoxy) is 2. The Balaban J connectivity index is 0.000000344. The van der Waals surface area contributed by atoms with Gasteiger partial charge in [0.15, 0.2) is 11.6 Å². The number of nitrogens with one attached hydrogen (secondary N) is 1. The number of likely N-dealkylation sites (tertiary alicyclic amines) is 1. The van der Waals surface area contributed by atoms with Crippen LogP contribution in [0.2, 0.25) is 0 Å². The molecule has 0 aliphatic carbocycles. The number of carbonyl (C=O) groups is 4. The summed E-state index contributed by atoms with van der Waals surface area (Å²) in [7, 11) is 3.47. The maximum Gasteiger partial charge on any atom is 0.320 e. The highest BCUT2D eigenvalue weighted by Gasteiger charge is 2.38. The van der Waals surface area contributed by atoms with E-state index in [4.69, 9.17) is 20.3 Å². The first-order valence-corrected chi connectivity index (χ1v) is 14.2. The fourth-order valence-corrected chi connectivity index (χ4v) is 4.69. The van der Waals surface area contributed by atoms with Gasteiger partial charge in [-0.1, -0.05) is 24.3 Å². The van der Waals surface area contributed by atoms with E-state index in [9.17, 15) is 24.3 Å². The molecule has 15 nitrogen and oxygen atoms in total. The molecule has 0 radical (unpaired) electrons. The minimum atomic E-state index is -1.05. The minimum Gasteiger partial charge on any atom is -0.481 e. The number of carbonyl (C=O) groups excluding carboxylic acids is 3. The smallest absolute Gasteiger partial charge is 0.320 e. The first-order valence-electron chi connectivity index (χ1n) is 13.1. The van der Waals surface area contributed by atoms with Crippen LogP contribution >= 0.6 is 11.8 Å². The molecule has 1 saturated heterocycles. The molecule has 0 saturated carbocycles. The molecule has 1 atom stereocenters. The monoisotopic (exact) mass is 619 g/mol. The van der Waals surface area contributed by atoms with E-state index in [1.165, 1.54) is 5.56 Å². The van der Waals surface area contributed by atoms with E-state index in [0.29, 0.717) is 30.9 Å². The Bertz CT molecular complexity index is 1250. The fourth-order valence-electron chi connectivity index (χ4n) is 3.85. The number of imide groups is 1. The van der Waals surface area contributed by atoms with Crippen molar-refractivity contribution in [1.82, 2.24) is 20.2 Å². The number of nitrogens with zero attached hydrogens (tertiary/aromatic N) is 5. The minimum absolute atomic E-state index is 0.0525. The number of aldehydes is 1. The van der Waals surface area contributed by atoms with Crippen LogP contribution in [0.3, 0.4) is 0 Å². The van der Waals surface area contributed by atoms with Crippen molar-refractivity contribution >= 4 is 59.9 Å². The van der Waals surface area contributed by atoms with E-state index in [1.807, 2.05) is 31.3 Å². The number of rotatable bonds is 17. The van der Waals surface area contributed by atoms with Gasteiger partial charge in [-0.05, 0) is 24.9 Å². The van der Waals surface area contributed by atoms with Crippen LogP contribution in [0.1, 0.15) is 24.0 Å². The van der Waals surface area contributed by atoms with Crippen molar-refractivity contribution in [3.8, 4) is 6.01 Å². The van der Waals surface area contributed by atoms with Crippen molar-refractivity contribution in [3.63, 3.8) is 0 Å². The number of benzene rings is 1. The van der Waals surface area contributed by atoms with Gasteiger partial charge in [0.1, 0.15) is 25.3 Å². The lowest BCUT2D eigenvalue weighted by molar-refractivity contribution is -0.141. The zero-order valence-electron chi connectivity index (χ0n) is 24.1. The van der Waals surface area contributed by atoms with Crippen molar-refractivity contribution in [2.45, 2.75) is 31.2 Å². The number of thioether (sulfide) groups is 1. The van der Waals surface area contributed by atoms with Gasteiger partial charge in [-0.25, -0.2) is 0 Å². The van der Waals surface area contributed by atoms with E-state index in [1.54, 1.807) is 12.0 Å². The number of hydrogen-bond donors (Lipinski definition) is 4. The van der Waals surface area contributed by atoms with E-state index in [0.717, 1.165) is 28.8 Å². The lowest BCUT2D eigenvalue weighted by Crippen LogP contribution is -2.33. The number of carboxylic acid groups (broad SMARTS) is 1. The first kappa shape index (κ1) is 35.1. The Morgan fingerprint density at radius 1 is 1.28 bits per heavy atom. The normalized spacial score (nSPS) is 14.2. The lowest BCUT2D eigenvalue weighted by Gasteiger charge is -2.23. The first-order chi connectivity index (χ1) is 20.7. The van der Waals surface area contributed by atoms with Gasteiger partial charge in [0.25, 0.3) is 0 Å². The molecule has 16 heteroatoms. The highest BCUT2D eigenvalue weighted by atomic mass is 32.2. The van der Waals surface area contributed by atoms with E-state index >= 15 is 0 Å². The predicted molar refractivity (Wildman–Crippen MR) is 161 cm³/mol. The van der Waals surface area contributed by atoms with Gasteiger partial charge in [-0.3, -0.25) is 24.3 Å². The van der Waals surface area contributed by atoms with Crippen molar-refractivity contribution < 1.29 is 38.9 Å². The topological polar surface area (TPSA) is 210 Å². The summed E-state index contributed by atoms with van der Waals surface area (Å²) in [5.41, 5.74) is 8.44. The van der Waals surface area contributed by atoms with Gasteiger partial charge in [-0.2, -0.15) is 9.97 Å². The Kier molecular flexibility index (Phi) is 15.0. The standard InChI is InChI=1S/C18H26N6O3.C9H11NO5S/c1-20-10-13-4-6-14(7-5-13)11-24(12-25)17-15(21-2)16(19)22-18(23-17)27-9-8-26-3;11-3-4-16-6-5-7(12)10(9(6)15)2-1-8(13)14/h4-7,20,25H,2,8-12H2,1,3H3,(H2,19,22,23);3,6H,1-2,4-5H2,(H,13,14). The number of anilines is 2. The van der Waals surface area contributed by atoms with Crippen LogP contribution in [0, 0.1) is 0 Å². The lowest BCUT2D eigenvalue weighted by atomic mass is 10.1. The number of aliphatic hydroxyl groups excluding tert-OH is 1. The SMILES string of the molecule is C=Nc1c(N)nc(OCCOC)nc1N(CO)Cc1ccc(CNC)cc1.O=CCSC1CC(=O)N(CCC(=O)O)C1=O. The summed E-state index contributed by atoms with van der Waals surface area (Å²) < 4.78 is 10.4. The molecule has 234 valence electrons. The van der Waals surface area contributed by atoms with Crippen LogP contribution in [0.25, 0.3) is 0 Å². The van der Waals surface area contributed by atoms with Crippen molar-refractivity contribution in [2.24, 2.45) is 4.99 Å². The highest BCUT2D eigenvalue weighted by molar-refractivity contribution is 8.01. The summed E-state index contributed by atoms with van der Waals surface area (Å²) in [5.74, 6) is -1.16. The molecule has 1 fully saturated rings. The third-order valence-corrected chi connectivity index (χ3v) is 7.01. The molecular weight excluding hydrogens is 582 g/mol. The summed E-state index contributed by atoms with van der Waals surface area (Å²) in [6.45, 7) is 5.02. The van der Waals surface area contributed by atoms with Crippen LogP contribution in [0.5, 0.6) is 6.01 Å². The second-order valence-corrected chi connectivity index (χ2v) is 10.2. The van der Waals surface area contributed by atoms with Gasteiger partial charge in [0.05, 0.1) is 18.3 Å². The van der Waals surface area contributed by atoms with Gasteiger partial charge in [0.2, 0.25) is 11.8 Å². The van der Waals surface area contributed by atoms with Crippen molar-refractivity contribution in [3.05, 3.63) is 35.4 Å². The van der Waals surface area contributed by atoms with E-state index in [2.05, 4.69) is 27.0 Å². The molecule has 1 aromatic carbocycles. The second-order valence-electron chi connectivity index (χ2n) is 8.97. The van der Waals surface area contributed by atoms with Gasteiger partial charge >= 0.3 is 12.0 Å². The Morgan fingerprint density at radius 2 is 1.98 bits per heavy atom. The maximum absolute atomic E-state index is 11.6. The zero-order valence-corrected chi connectivity index (χ0v) is 24.9. The molecular formula is C27H37N7O8S. The largest absolute Gasteiger partial charge is 0.481 e. The molecule has 3 rings (SSSR count). The number of aliphatic carboxylic acids is 1. The second kappa shape index (κ2) is 18.4. The molecule has 1 unspecified atom stereocenters. The van der Waals surface area contributed by atoms with Gasteiger partial charge in [-0.15, -0.1) is 11.8 Å². The zero-order chi connectivity index (χ0) is 31.8. The highest BCUT2D eigenvalue weighted by Crippen LogP contribution is 2.33. The molecule has 2 amide bonds. The van der Waals surface area contributed by atoms with Crippen LogP contribution in [-0.4, -0.2) is 108 Å². The summed E-state index contributed by atoms with van der Waals surface area (Å²) in [4.78, 5) is 58.4. The van der Waals surface area contributed by atoms with Crippen molar-refractivity contribution in [2.75, 3.05) is 57.0 Å². The third-order valence-electron chi connectivity index (χ3n) is 5.91. The molecule has 1 aliphatic rings. The van der Waals surface area contributed by atoms with Gasteiger partial charge in [0, 0.05) is 38.9 Å². The number of hydrogen-bond acceptors (Lipinski definition) is 14. The maximum atomic E-state index is 11.6. The molecule has 5 N–H and O–H groups in total. The van der Waals surface area contributed by atoms with E-state index in [-0.39, 0.29) is 56.2 Å². The van der Waals surface area contributed by atoms with Crippen LogP contribution in [0.4, 0.5) is 17.3 Å². The Labute approximate surface area is 253 Å². The van der Waals surface area contributed by atoms with Crippen LogP contribution in [-0.2, 0) is 37.0 Å². The number of aliphatic imine (C=N–C) groups is 1. The number of nitrogen functional groups attached to an aromatic ring is 1. The number of methoxy groups -OCH3 is 1. The molecule has 0 bridgehead atoms. The molecule has 0 spiro atoms. The van der Waals surface area contributed by atoms with Crippen LogP contribution < -0.4 is 20.7 Å². The Morgan fingerprint density at radius 3 is 2.56 bits per heavy atom. The number of aliphatic hydroxyl groups is 1. The number of aromatic nitrogens is 2. The number of nitrogens with two attached hydrogens (primary N) is 1. The molecule has 1 aromatic heterocycles.